The predicted molar refractivity (Wildman–Crippen MR) is 90.5 cm³/mol. The number of aromatic nitrogens is 1. The van der Waals surface area contributed by atoms with Crippen LogP contribution < -0.4 is 5.32 Å². The van der Waals surface area contributed by atoms with Gasteiger partial charge >= 0.3 is 5.97 Å². The van der Waals surface area contributed by atoms with Gasteiger partial charge in [0, 0.05) is 11.1 Å². The van der Waals surface area contributed by atoms with E-state index in [1.165, 1.54) is 11.3 Å². The average molecular weight is 326 g/mol. The number of nitrogens with zero attached hydrogens (tertiary/aromatic N) is 1. The molecule has 2 bridgehead atoms. The Morgan fingerprint density at radius 2 is 2.13 bits per heavy atom. The van der Waals surface area contributed by atoms with Crippen LogP contribution in [0.3, 0.4) is 0 Å². The van der Waals surface area contributed by atoms with Crippen LogP contribution >= 0.6 is 11.3 Å². The minimum atomic E-state index is -0.0765. The Kier molecular flexibility index (Phi) is 3.87. The Hall–Kier alpha value is -2.14. The van der Waals surface area contributed by atoms with E-state index in [2.05, 4.69) is 22.5 Å². The Balaban J connectivity index is 1.31. The number of para-hydroxylation sites is 1. The number of hydrogen-bond donors (Lipinski definition) is 1. The molecule has 118 valence electrons. The van der Waals surface area contributed by atoms with E-state index >= 15 is 0 Å². The summed E-state index contributed by atoms with van der Waals surface area (Å²) in [5.74, 6) is 0.940. The number of hydrogen-bond acceptors (Lipinski definition) is 5. The van der Waals surface area contributed by atoms with Crippen LogP contribution in [0.5, 0.6) is 0 Å². The van der Waals surface area contributed by atoms with Crippen LogP contribution in [-0.4, -0.2) is 11.0 Å². The van der Waals surface area contributed by atoms with Gasteiger partial charge in [0.25, 0.3) is 0 Å². The summed E-state index contributed by atoms with van der Waals surface area (Å²) < 4.78 is 5.47. The summed E-state index contributed by atoms with van der Waals surface area (Å²) in [6.45, 7) is 0.253. The highest BCUT2D eigenvalue weighted by Crippen LogP contribution is 2.43. The van der Waals surface area contributed by atoms with E-state index in [0.29, 0.717) is 11.8 Å². The van der Waals surface area contributed by atoms with Gasteiger partial charge in [-0.3, -0.25) is 4.79 Å². The van der Waals surface area contributed by atoms with Crippen molar-refractivity contribution >= 4 is 28.1 Å². The summed E-state index contributed by atoms with van der Waals surface area (Å²) in [6, 6.07) is 9.90. The van der Waals surface area contributed by atoms with Crippen LogP contribution in [0.25, 0.3) is 0 Å². The second-order valence-corrected chi connectivity index (χ2v) is 6.99. The van der Waals surface area contributed by atoms with Gasteiger partial charge < -0.3 is 10.1 Å². The normalized spacial score (nSPS) is 24.8. The first-order chi connectivity index (χ1) is 11.3. The van der Waals surface area contributed by atoms with Gasteiger partial charge in [0.15, 0.2) is 5.13 Å². The Labute approximate surface area is 139 Å². The Bertz CT molecular complexity index is 726. The summed E-state index contributed by atoms with van der Waals surface area (Å²) in [4.78, 5) is 16.7. The van der Waals surface area contributed by atoms with E-state index in [1.807, 2.05) is 35.7 Å². The van der Waals surface area contributed by atoms with Gasteiger partial charge in [0.05, 0.1) is 11.6 Å². The van der Waals surface area contributed by atoms with Crippen molar-refractivity contribution in [2.24, 2.45) is 17.8 Å². The molecule has 0 aliphatic heterocycles. The first-order valence-electron chi connectivity index (χ1n) is 7.89. The lowest BCUT2D eigenvalue weighted by molar-refractivity contribution is -0.150. The van der Waals surface area contributed by atoms with Crippen molar-refractivity contribution in [3.8, 4) is 0 Å². The number of ether oxygens (including phenoxy) is 1. The number of fused-ring (bicyclic) bond motifs is 2. The maximum atomic E-state index is 12.2. The fourth-order valence-electron chi connectivity index (χ4n) is 3.38. The molecule has 4 nitrogen and oxygen atoms in total. The molecule has 2 aliphatic rings. The lowest BCUT2D eigenvalue weighted by atomic mass is 9.94. The highest BCUT2D eigenvalue weighted by atomic mass is 32.1. The van der Waals surface area contributed by atoms with Gasteiger partial charge in [-0.05, 0) is 36.8 Å². The average Bonchev–Trinajstić information content (AvgIpc) is 3.30. The van der Waals surface area contributed by atoms with Crippen LogP contribution in [-0.2, 0) is 16.1 Å². The molecular weight excluding hydrogens is 308 g/mol. The van der Waals surface area contributed by atoms with Crippen LogP contribution in [0.2, 0.25) is 0 Å². The number of allylic oxidation sites excluding steroid dienone is 2. The van der Waals surface area contributed by atoms with Crippen molar-refractivity contribution in [1.29, 1.82) is 0 Å². The molecule has 0 amide bonds. The molecule has 23 heavy (non-hydrogen) atoms. The Morgan fingerprint density at radius 3 is 2.87 bits per heavy atom. The molecule has 0 unspecified atom stereocenters. The number of anilines is 2. The zero-order valence-electron chi connectivity index (χ0n) is 12.6. The van der Waals surface area contributed by atoms with E-state index in [4.69, 9.17) is 4.74 Å². The molecule has 1 heterocycles. The molecule has 1 fully saturated rings. The van der Waals surface area contributed by atoms with Crippen LogP contribution in [0.15, 0.2) is 47.9 Å². The van der Waals surface area contributed by atoms with Gasteiger partial charge in [-0.1, -0.05) is 30.4 Å². The van der Waals surface area contributed by atoms with Crippen LogP contribution in [0.1, 0.15) is 18.5 Å². The van der Waals surface area contributed by atoms with Gasteiger partial charge in [-0.2, -0.15) is 0 Å². The van der Waals surface area contributed by atoms with Crippen molar-refractivity contribution in [1.82, 2.24) is 4.98 Å². The van der Waals surface area contributed by atoms with E-state index in [0.717, 1.165) is 29.4 Å². The fourth-order valence-corrected chi connectivity index (χ4v) is 4.09. The second kappa shape index (κ2) is 6.16. The number of nitrogens with one attached hydrogen (secondary N) is 1. The minimum absolute atomic E-state index is 0.0468. The van der Waals surface area contributed by atoms with E-state index in [9.17, 15) is 4.79 Å². The van der Waals surface area contributed by atoms with Crippen molar-refractivity contribution < 1.29 is 9.53 Å². The molecule has 1 aromatic carbocycles. The molecule has 2 aliphatic carbocycles. The number of benzene rings is 1. The van der Waals surface area contributed by atoms with Crippen molar-refractivity contribution in [3.05, 3.63) is 53.6 Å². The maximum Gasteiger partial charge on any atom is 0.309 e. The van der Waals surface area contributed by atoms with Gasteiger partial charge in [-0.15, -0.1) is 11.3 Å². The molecule has 3 atom stereocenters. The number of thiazole rings is 1. The zero-order valence-corrected chi connectivity index (χ0v) is 13.5. The maximum absolute atomic E-state index is 12.2. The van der Waals surface area contributed by atoms with Gasteiger partial charge in [0.2, 0.25) is 0 Å². The van der Waals surface area contributed by atoms with Crippen molar-refractivity contribution in [2.75, 3.05) is 5.32 Å². The summed E-state index contributed by atoms with van der Waals surface area (Å²) in [7, 11) is 0. The second-order valence-electron chi connectivity index (χ2n) is 6.13. The molecular formula is C18H18N2O2S. The van der Waals surface area contributed by atoms with Crippen molar-refractivity contribution in [3.63, 3.8) is 0 Å². The van der Waals surface area contributed by atoms with E-state index in [1.54, 1.807) is 0 Å². The van der Waals surface area contributed by atoms with E-state index < -0.39 is 0 Å². The summed E-state index contributed by atoms with van der Waals surface area (Å²) >= 11 is 1.52. The predicted octanol–water partition coefficient (Wildman–Crippen LogP) is 4.14. The molecule has 2 aromatic rings. The lowest BCUT2D eigenvalue weighted by Crippen LogP contribution is -2.21. The molecule has 1 aromatic heterocycles. The van der Waals surface area contributed by atoms with E-state index in [-0.39, 0.29) is 18.5 Å². The third kappa shape index (κ3) is 3.15. The first kappa shape index (κ1) is 14.5. The molecule has 0 saturated heterocycles. The number of carbonyl (C=O) groups excluding carboxylic acids is 1. The Morgan fingerprint density at radius 1 is 1.26 bits per heavy atom. The minimum Gasteiger partial charge on any atom is -0.459 e. The molecule has 0 radical (unpaired) electrons. The molecule has 1 N–H and O–H groups in total. The monoisotopic (exact) mass is 326 g/mol. The van der Waals surface area contributed by atoms with Gasteiger partial charge in [-0.25, -0.2) is 4.98 Å². The highest BCUT2D eigenvalue weighted by Gasteiger charge is 2.40. The fraction of sp³-hybridized carbons (Fsp3) is 0.333. The zero-order chi connectivity index (χ0) is 15.6. The number of esters is 1. The molecule has 0 spiro atoms. The first-order valence-corrected chi connectivity index (χ1v) is 8.77. The number of carbonyl (C=O) groups is 1. The number of rotatable bonds is 5. The van der Waals surface area contributed by atoms with Crippen molar-refractivity contribution in [2.45, 2.75) is 19.4 Å². The molecule has 4 rings (SSSR count). The summed E-state index contributed by atoms with van der Waals surface area (Å²) in [6.07, 6.45) is 6.46. The topological polar surface area (TPSA) is 51.2 Å². The lowest BCUT2D eigenvalue weighted by Gasteiger charge is -2.16. The smallest absolute Gasteiger partial charge is 0.309 e. The molecule has 1 saturated carbocycles. The highest BCUT2D eigenvalue weighted by molar-refractivity contribution is 7.13. The van der Waals surface area contributed by atoms with Crippen LogP contribution in [0, 0.1) is 17.8 Å². The summed E-state index contributed by atoms with van der Waals surface area (Å²) in [5, 5.41) is 5.99. The quantitative estimate of drug-likeness (QED) is 0.663. The third-order valence-electron chi connectivity index (χ3n) is 4.52. The SMILES string of the molecule is O=C(OCc1csc(Nc2ccccc2)n1)[C@H]1C[C@H]2C=C[C@H]1C2. The largest absolute Gasteiger partial charge is 0.459 e. The third-order valence-corrected chi connectivity index (χ3v) is 5.33. The van der Waals surface area contributed by atoms with Crippen LogP contribution in [0.4, 0.5) is 10.8 Å². The summed E-state index contributed by atoms with van der Waals surface area (Å²) in [5.41, 5.74) is 1.79. The standard InChI is InChI=1S/C18H18N2O2S/c21-17(16-9-12-6-7-13(16)8-12)22-10-15-11-23-18(20-15)19-14-4-2-1-3-5-14/h1-7,11-13,16H,8-10H2,(H,19,20)/t12-,13-,16-/m0/s1. The molecule has 5 heteroatoms. The van der Waals surface area contributed by atoms with Gasteiger partial charge in [0.1, 0.15) is 6.61 Å².